The SMILES string of the molecule is CC1(C)CC(=CC#N)CCO1. The highest BCUT2D eigenvalue weighted by Gasteiger charge is 2.24. The van der Waals surface area contributed by atoms with E-state index in [1.165, 1.54) is 5.57 Å². The molecule has 0 aliphatic carbocycles. The minimum absolute atomic E-state index is 0.0685. The molecule has 11 heavy (non-hydrogen) atoms. The topological polar surface area (TPSA) is 33.0 Å². The maximum atomic E-state index is 8.42. The van der Waals surface area contributed by atoms with E-state index in [0.717, 1.165) is 19.4 Å². The summed E-state index contributed by atoms with van der Waals surface area (Å²) in [6, 6.07) is 2.06. The summed E-state index contributed by atoms with van der Waals surface area (Å²) >= 11 is 0. The molecule has 2 nitrogen and oxygen atoms in total. The number of nitriles is 1. The highest BCUT2D eigenvalue weighted by molar-refractivity contribution is 5.16. The van der Waals surface area contributed by atoms with Gasteiger partial charge in [0.05, 0.1) is 18.3 Å². The van der Waals surface area contributed by atoms with Crippen LogP contribution in [0.4, 0.5) is 0 Å². The van der Waals surface area contributed by atoms with Crippen molar-refractivity contribution >= 4 is 0 Å². The van der Waals surface area contributed by atoms with Crippen molar-refractivity contribution in [1.82, 2.24) is 0 Å². The van der Waals surface area contributed by atoms with Crippen LogP contribution in [0.5, 0.6) is 0 Å². The number of allylic oxidation sites excluding steroid dienone is 1. The van der Waals surface area contributed by atoms with E-state index in [-0.39, 0.29) is 5.60 Å². The fraction of sp³-hybridized carbons (Fsp3) is 0.667. The van der Waals surface area contributed by atoms with E-state index in [0.29, 0.717) is 0 Å². The molecule has 60 valence electrons. The third-order valence-electron chi connectivity index (χ3n) is 1.84. The van der Waals surface area contributed by atoms with Crippen LogP contribution in [0, 0.1) is 11.3 Å². The van der Waals surface area contributed by atoms with Crippen LogP contribution in [0.2, 0.25) is 0 Å². The molecule has 1 aliphatic rings. The standard InChI is InChI=1S/C9H13NO/c1-9(2)7-8(3-5-10)4-6-11-9/h3H,4,6-7H2,1-2H3. The van der Waals surface area contributed by atoms with Gasteiger partial charge in [0.2, 0.25) is 0 Å². The maximum absolute atomic E-state index is 8.42. The number of rotatable bonds is 0. The summed E-state index contributed by atoms with van der Waals surface area (Å²) in [7, 11) is 0. The number of hydrogen-bond donors (Lipinski definition) is 0. The van der Waals surface area contributed by atoms with E-state index < -0.39 is 0 Å². The van der Waals surface area contributed by atoms with Crippen molar-refractivity contribution in [2.75, 3.05) is 6.61 Å². The van der Waals surface area contributed by atoms with E-state index in [1.807, 2.05) is 0 Å². The van der Waals surface area contributed by atoms with Gasteiger partial charge in [-0.05, 0) is 26.7 Å². The van der Waals surface area contributed by atoms with Crippen molar-refractivity contribution in [2.45, 2.75) is 32.3 Å². The lowest BCUT2D eigenvalue weighted by molar-refractivity contribution is -0.0332. The smallest absolute Gasteiger partial charge is 0.0911 e. The molecule has 0 unspecified atom stereocenters. The molecule has 0 amide bonds. The molecule has 0 saturated carbocycles. The third kappa shape index (κ3) is 2.36. The molecule has 0 aromatic rings. The molecule has 0 aromatic heterocycles. The van der Waals surface area contributed by atoms with Crippen LogP contribution in [0.1, 0.15) is 26.7 Å². The summed E-state index contributed by atoms with van der Waals surface area (Å²) in [5, 5.41) is 8.42. The van der Waals surface area contributed by atoms with Crippen molar-refractivity contribution in [3.05, 3.63) is 11.6 Å². The number of ether oxygens (including phenoxy) is 1. The van der Waals surface area contributed by atoms with Crippen LogP contribution >= 0.6 is 0 Å². The summed E-state index contributed by atoms with van der Waals surface area (Å²) in [5.41, 5.74) is 1.14. The molecular formula is C9H13NO. The molecule has 0 radical (unpaired) electrons. The molecule has 0 N–H and O–H groups in total. The van der Waals surface area contributed by atoms with Crippen LogP contribution in [0.25, 0.3) is 0 Å². The van der Waals surface area contributed by atoms with Gasteiger partial charge < -0.3 is 4.74 Å². The number of hydrogen-bond acceptors (Lipinski definition) is 2. The van der Waals surface area contributed by atoms with E-state index >= 15 is 0 Å². The minimum atomic E-state index is -0.0685. The van der Waals surface area contributed by atoms with Crippen LogP contribution in [0.3, 0.4) is 0 Å². The molecule has 0 bridgehead atoms. The van der Waals surface area contributed by atoms with Gasteiger partial charge in [0, 0.05) is 6.08 Å². The Labute approximate surface area is 67.5 Å². The average molecular weight is 151 g/mol. The Hall–Kier alpha value is -0.810. The lowest BCUT2D eigenvalue weighted by Gasteiger charge is -2.31. The summed E-state index contributed by atoms with van der Waals surface area (Å²) in [5.74, 6) is 0. The molecular weight excluding hydrogens is 138 g/mol. The van der Waals surface area contributed by atoms with Crippen LogP contribution < -0.4 is 0 Å². The van der Waals surface area contributed by atoms with Gasteiger partial charge >= 0.3 is 0 Å². The third-order valence-corrected chi connectivity index (χ3v) is 1.84. The zero-order chi connectivity index (χ0) is 8.32. The second-order valence-corrected chi connectivity index (χ2v) is 3.47. The molecule has 0 atom stereocenters. The normalized spacial score (nSPS) is 26.5. The zero-order valence-electron chi connectivity index (χ0n) is 7.05. The van der Waals surface area contributed by atoms with Crippen molar-refractivity contribution in [3.8, 4) is 6.07 Å². The molecule has 1 aliphatic heterocycles. The van der Waals surface area contributed by atoms with E-state index in [9.17, 15) is 0 Å². The lowest BCUT2D eigenvalue weighted by atomic mass is 9.93. The highest BCUT2D eigenvalue weighted by Crippen LogP contribution is 2.27. The Kier molecular flexibility index (Phi) is 2.31. The van der Waals surface area contributed by atoms with Crippen LogP contribution in [0.15, 0.2) is 11.6 Å². The first-order chi connectivity index (χ1) is 5.14. The van der Waals surface area contributed by atoms with Crippen molar-refractivity contribution in [1.29, 1.82) is 5.26 Å². The molecule has 1 fully saturated rings. The van der Waals surface area contributed by atoms with Gasteiger partial charge in [-0.15, -0.1) is 0 Å². The summed E-state index contributed by atoms with van der Waals surface area (Å²) in [4.78, 5) is 0. The fourth-order valence-electron chi connectivity index (χ4n) is 1.36. The number of nitrogens with zero attached hydrogens (tertiary/aromatic N) is 1. The fourth-order valence-corrected chi connectivity index (χ4v) is 1.36. The first kappa shape index (κ1) is 8.29. The highest BCUT2D eigenvalue weighted by atomic mass is 16.5. The summed E-state index contributed by atoms with van der Waals surface area (Å²) in [6.07, 6.45) is 3.45. The molecule has 1 saturated heterocycles. The largest absolute Gasteiger partial charge is 0.375 e. The van der Waals surface area contributed by atoms with Gasteiger partial charge in [0.25, 0.3) is 0 Å². The van der Waals surface area contributed by atoms with Crippen molar-refractivity contribution < 1.29 is 4.74 Å². The monoisotopic (exact) mass is 151 g/mol. The molecule has 0 aromatic carbocycles. The van der Waals surface area contributed by atoms with Crippen molar-refractivity contribution in [2.24, 2.45) is 0 Å². The maximum Gasteiger partial charge on any atom is 0.0911 e. The van der Waals surface area contributed by atoms with Gasteiger partial charge in [-0.1, -0.05) is 5.57 Å². The molecule has 0 spiro atoms. The Morgan fingerprint density at radius 1 is 1.64 bits per heavy atom. The Morgan fingerprint density at radius 3 is 2.91 bits per heavy atom. The molecule has 1 heterocycles. The van der Waals surface area contributed by atoms with Crippen LogP contribution in [-0.2, 0) is 4.74 Å². The van der Waals surface area contributed by atoms with E-state index in [4.69, 9.17) is 10.00 Å². The van der Waals surface area contributed by atoms with Gasteiger partial charge in [-0.2, -0.15) is 5.26 Å². The minimum Gasteiger partial charge on any atom is -0.375 e. The van der Waals surface area contributed by atoms with Crippen LogP contribution in [-0.4, -0.2) is 12.2 Å². The van der Waals surface area contributed by atoms with E-state index in [2.05, 4.69) is 19.9 Å². The predicted molar refractivity (Wildman–Crippen MR) is 43.0 cm³/mol. The first-order valence-corrected chi connectivity index (χ1v) is 3.85. The average Bonchev–Trinajstić information content (AvgIpc) is 1.85. The Balaban J connectivity index is 2.62. The van der Waals surface area contributed by atoms with Gasteiger partial charge in [0.15, 0.2) is 0 Å². The first-order valence-electron chi connectivity index (χ1n) is 3.85. The van der Waals surface area contributed by atoms with Gasteiger partial charge in [-0.25, -0.2) is 0 Å². The molecule has 1 rings (SSSR count). The summed E-state index contributed by atoms with van der Waals surface area (Å²) < 4.78 is 5.49. The second-order valence-electron chi connectivity index (χ2n) is 3.47. The zero-order valence-corrected chi connectivity index (χ0v) is 7.05. The quantitative estimate of drug-likeness (QED) is 0.496. The predicted octanol–water partition coefficient (Wildman–Crippen LogP) is 2.03. The summed E-state index contributed by atoms with van der Waals surface area (Å²) in [6.45, 7) is 4.86. The van der Waals surface area contributed by atoms with Gasteiger partial charge in [-0.3, -0.25) is 0 Å². The molecule has 2 heteroatoms. The lowest BCUT2D eigenvalue weighted by Crippen LogP contribution is -2.30. The Morgan fingerprint density at radius 2 is 2.36 bits per heavy atom. The van der Waals surface area contributed by atoms with E-state index in [1.54, 1.807) is 6.08 Å². The Bertz CT molecular complexity index is 210. The second kappa shape index (κ2) is 3.06. The van der Waals surface area contributed by atoms with Crippen molar-refractivity contribution in [3.63, 3.8) is 0 Å². The van der Waals surface area contributed by atoms with Gasteiger partial charge in [0.1, 0.15) is 0 Å².